The summed E-state index contributed by atoms with van der Waals surface area (Å²) in [6.07, 6.45) is 0.688. The average Bonchev–Trinajstić information content (AvgIpc) is 2.82. The maximum atomic E-state index is 12.3. The highest BCUT2D eigenvalue weighted by Crippen LogP contribution is 2.29. The van der Waals surface area contributed by atoms with Gasteiger partial charge in [0.2, 0.25) is 20.0 Å². The van der Waals surface area contributed by atoms with Crippen LogP contribution in [-0.2, 0) is 26.5 Å². The molecule has 6 nitrogen and oxygen atoms in total. The van der Waals surface area contributed by atoms with Crippen LogP contribution in [0, 0.1) is 0 Å². The predicted octanol–water partition coefficient (Wildman–Crippen LogP) is 0.707. The first-order valence-corrected chi connectivity index (χ1v) is 9.96. The highest BCUT2D eigenvalue weighted by Gasteiger charge is 2.29. The zero-order valence-electron chi connectivity index (χ0n) is 12.1. The normalized spacial score (nSPS) is 15.5. The molecular weight excluding hydrogens is 312 g/mol. The highest BCUT2D eigenvalue weighted by molar-refractivity contribution is 7.93. The lowest BCUT2D eigenvalue weighted by Gasteiger charge is -2.19. The molecule has 0 amide bonds. The summed E-state index contributed by atoms with van der Waals surface area (Å²) >= 11 is 0. The number of nitrogens with zero attached hydrogens (tertiary/aromatic N) is 1. The molecule has 0 aromatic heterocycles. The van der Waals surface area contributed by atoms with Crippen LogP contribution in [0.25, 0.3) is 0 Å². The molecule has 1 aliphatic rings. The van der Waals surface area contributed by atoms with E-state index in [1.54, 1.807) is 26.0 Å². The summed E-state index contributed by atoms with van der Waals surface area (Å²) in [4.78, 5) is 0. The summed E-state index contributed by atoms with van der Waals surface area (Å²) < 4.78 is 51.6. The Morgan fingerprint density at radius 2 is 1.86 bits per heavy atom. The smallest absolute Gasteiger partial charge is 0.236 e. The van der Waals surface area contributed by atoms with E-state index in [-0.39, 0.29) is 12.3 Å². The molecule has 0 saturated heterocycles. The Bertz CT molecular complexity index is 711. The first kappa shape index (κ1) is 16.3. The second-order valence-corrected chi connectivity index (χ2v) is 9.59. The number of fused-ring (bicyclic) bond motifs is 1. The Morgan fingerprint density at radius 3 is 2.52 bits per heavy atom. The zero-order valence-corrected chi connectivity index (χ0v) is 13.7. The van der Waals surface area contributed by atoms with E-state index in [1.165, 1.54) is 4.31 Å². The van der Waals surface area contributed by atoms with E-state index in [0.29, 0.717) is 18.7 Å². The molecule has 0 saturated carbocycles. The lowest BCUT2D eigenvalue weighted by atomic mass is 10.2. The Balaban J connectivity index is 2.04. The number of sulfonamides is 2. The van der Waals surface area contributed by atoms with Gasteiger partial charge in [0.05, 0.1) is 16.7 Å². The van der Waals surface area contributed by atoms with E-state index < -0.39 is 25.3 Å². The number of anilines is 1. The molecule has 21 heavy (non-hydrogen) atoms. The number of para-hydroxylation sites is 1. The van der Waals surface area contributed by atoms with Gasteiger partial charge in [0.1, 0.15) is 0 Å². The van der Waals surface area contributed by atoms with Gasteiger partial charge in [-0.1, -0.05) is 18.2 Å². The molecular formula is C13H20N2O4S2. The molecule has 0 spiro atoms. The third kappa shape index (κ3) is 3.56. The van der Waals surface area contributed by atoms with Gasteiger partial charge >= 0.3 is 0 Å². The largest absolute Gasteiger partial charge is 0.270 e. The Hall–Kier alpha value is -1.12. The summed E-state index contributed by atoms with van der Waals surface area (Å²) in [7, 11) is -6.95. The van der Waals surface area contributed by atoms with Crippen molar-refractivity contribution in [3.63, 3.8) is 0 Å². The Labute approximate surface area is 126 Å². The van der Waals surface area contributed by atoms with Crippen LogP contribution in [-0.4, -0.2) is 40.9 Å². The topological polar surface area (TPSA) is 83.5 Å². The van der Waals surface area contributed by atoms with Gasteiger partial charge in [-0.2, -0.15) is 0 Å². The van der Waals surface area contributed by atoms with E-state index in [4.69, 9.17) is 0 Å². The van der Waals surface area contributed by atoms with Crippen LogP contribution < -0.4 is 9.03 Å². The monoisotopic (exact) mass is 332 g/mol. The molecule has 0 fully saturated rings. The first-order chi connectivity index (χ1) is 9.74. The first-order valence-electron chi connectivity index (χ1n) is 6.81. The van der Waals surface area contributed by atoms with E-state index in [9.17, 15) is 16.8 Å². The summed E-state index contributed by atoms with van der Waals surface area (Å²) in [5.41, 5.74) is 1.70. The lowest BCUT2D eigenvalue weighted by Crippen LogP contribution is -2.38. The van der Waals surface area contributed by atoms with E-state index >= 15 is 0 Å². The van der Waals surface area contributed by atoms with Crippen molar-refractivity contribution in [3.8, 4) is 0 Å². The fraction of sp³-hybridized carbons (Fsp3) is 0.538. The van der Waals surface area contributed by atoms with Crippen LogP contribution >= 0.6 is 0 Å². The molecule has 0 aliphatic carbocycles. The maximum absolute atomic E-state index is 12.3. The molecule has 1 aliphatic heterocycles. The molecule has 118 valence electrons. The maximum Gasteiger partial charge on any atom is 0.236 e. The van der Waals surface area contributed by atoms with E-state index in [2.05, 4.69) is 4.72 Å². The fourth-order valence-electron chi connectivity index (χ4n) is 2.19. The summed E-state index contributed by atoms with van der Waals surface area (Å²) in [6, 6.07) is 7.37. The fourth-order valence-corrected chi connectivity index (χ4v) is 4.46. The molecule has 1 aromatic carbocycles. The minimum atomic E-state index is -3.52. The van der Waals surface area contributed by atoms with Gasteiger partial charge in [-0.15, -0.1) is 0 Å². The molecule has 8 heteroatoms. The van der Waals surface area contributed by atoms with Gasteiger partial charge in [-0.3, -0.25) is 4.31 Å². The van der Waals surface area contributed by atoms with Gasteiger partial charge in [0.25, 0.3) is 0 Å². The van der Waals surface area contributed by atoms with Crippen molar-refractivity contribution in [2.24, 2.45) is 0 Å². The van der Waals surface area contributed by atoms with Gasteiger partial charge < -0.3 is 0 Å². The summed E-state index contributed by atoms with van der Waals surface area (Å²) in [5, 5.41) is -0.576. The van der Waals surface area contributed by atoms with Crippen LogP contribution in [0.2, 0.25) is 0 Å². The van der Waals surface area contributed by atoms with Crippen molar-refractivity contribution in [1.29, 1.82) is 0 Å². The minimum Gasteiger partial charge on any atom is -0.270 e. The van der Waals surface area contributed by atoms with Crippen molar-refractivity contribution >= 4 is 25.7 Å². The van der Waals surface area contributed by atoms with Gasteiger partial charge in [-0.05, 0) is 31.9 Å². The van der Waals surface area contributed by atoms with Crippen LogP contribution in [0.15, 0.2) is 24.3 Å². The van der Waals surface area contributed by atoms with Crippen LogP contribution in [0.1, 0.15) is 19.4 Å². The van der Waals surface area contributed by atoms with Crippen LogP contribution in [0.3, 0.4) is 0 Å². The molecule has 0 bridgehead atoms. The van der Waals surface area contributed by atoms with Crippen molar-refractivity contribution in [2.45, 2.75) is 25.5 Å². The Morgan fingerprint density at radius 1 is 1.19 bits per heavy atom. The number of hydrogen-bond acceptors (Lipinski definition) is 4. The molecule has 1 heterocycles. The van der Waals surface area contributed by atoms with Crippen LogP contribution in [0.5, 0.6) is 0 Å². The number of rotatable bonds is 6. The highest BCUT2D eigenvalue weighted by atomic mass is 32.2. The van der Waals surface area contributed by atoms with Gasteiger partial charge in [0.15, 0.2) is 0 Å². The van der Waals surface area contributed by atoms with Crippen molar-refractivity contribution in [2.75, 3.05) is 23.1 Å². The third-order valence-electron chi connectivity index (χ3n) is 3.46. The standard InChI is InChI=1S/C13H20N2O4S2/c1-11(2)21(18,19)14-8-10-20(16,17)15-9-7-12-5-3-4-6-13(12)15/h3-6,11,14H,7-10H2,1-2H3. The van der Waals surface area contributed by atoms with E-state index in [1.807, 2.05) is 12.1 Å². The van der Waals surface area contributed by atoms with E-state index in [0.717, 1.165) is 5.56 Å². The quantitative estimate of drug-likeness (QED) is 0.831. The average molecular weight is 332 g/mol. The molecule has 1 N–H and O–H groups in total. The second kappa shape index (κ2) is 5.94. The molecule has 2 rings (SSSR count). The van der Waals surface area contributed by atoms with Crippen molar-refractivity contribution in [3.05, 3.63) is 29.8 Å². The third-order valence-corrected chi connectivity index (χ3v) is 7.08. The Kier molecular flexibility index (Phi) is 4.60. The molecule has 0 atom stereocenters. The second-order valence-electron chi connectivity index (χ2n) is 5.25. The van der Waals surface area contributed by atoms with Crippen molar-refractivity contribution in [1.82, 2.24) is 4.72 Å². The zero-order chi connectivity index (χ0) is 15.7. The number of hydrogen-bond donors (Lipinski definition) is 1. The molecule has 0 unspecified atom stereocenters. The van der Waals surface area contributed by atoms with Gasteiger partial charge in [0, 0.05) is 13.1 Å². The summed E-state index contributed by atoms with van der Waals surface area (Å²) in [6.45, 7) is 3.40. The molecule has 0 radical (unpaired) electrons. The van der Waals surface area contributed by atoms with Crippen molar-refractivity contribution < 1.29 is 16.8 Å². The minimum absolute atomic E-state index is 0.110. The predicted molar refractivity (Wildman–Crippen MR) is 83.3 cm³/mol. The SMILES string of the molecule is CC(C)S(=O)(=O)NCCS(=O)(=O)N1CCc2ccccc21. The lowest BCUT2D eigenvalue weighted by molar-refractivity contribution is 0.572. The van der Waals surface area contributed by atoms with Gasteiger partial charge in [-0.25, -0.2) is 21.6 Å². The number of nitrogens with one attached hydrogen (secondary N) is 1. The number of benzene rings is 1. The molecule has 1 aromatic rings. The van der Waals surface area contributed by atoms with Crippen LogP contribution in [0.4, 0.5) is 5.69 Å². The summed E-state index contributed by atoms with van der Waals surface area (Å²) in [5.74, 6) is -0.243.